The highest BCUT2D eigenvalue weighted by Gasteiger charge is 2.06. The summed E-state index contributed by atoms with van der Waals surface area (Å²) in [5, 5.41) is 6.92. The Morgan fingerprint density at radius 3 is 2.67 bits per heavy atom. The maximum atomic E-state index is 5.00. The first-order valence-electron chi connectivity index (χ1n) is 5.34. The molecule has 18 heavy (non-hydrogen) atoms. The zero-order valence-corrected chi connectivity index (χ0v) is 11.2. The summed E-state index contributed by atoms with van der Waals surface area (Å²) >= 11 is 1.64. The van der Waals surface area contributed by atoms with E-state index in [0.29, 0.717) is 18.4 Å². The van der Waals surface area contributed by atoms with Crippen LogP contribution < -0.4 is 15.4 Å². The SMILES string of the molecule is CNc1nc(NCc2ncc(C)s2)nc(OC)n1. The molecule has 2 aromatic rings. The van der Waals surface area contributed by atoms with Crippen LogP contribution in [0.5, 0.6) is 6.01 Å². The second-order valence-corrected chi connectivity index (χ2v) is 4.76. The first kappa shape index (κ1) is 12.5. The van der Waals surface area contributed by atoms with E-state index >= 15 is 0 Å². The summed E-state index contributed by atoms with van der Waals surface area (Å²) in [5.41, 5.74) is 0. The lowest BCUT2D eigenvalue weighted by atomic mass is 10.6. The van der Waals surface area contributed by atoms with Gasteiger partial charge in [0, 0.05) is 18.1 Å². The van der Waals surface area contributed by atoms with Crippen LogP contribution in [-0.4, -0.2) is 34.1 Å². The van der Waals surface area contributed by atoms with Gasteiger partial charge in [0.1, 0.15) is 5.01 Å². The number of anilines is 2. The van der Waals surface area contributed by atoms with Crippen molar-refractivity contribution in [3.05, 3.63) is 16.1 Å². The molecule has 0 saturated carbocycles. The molecule has 0 unspecified atom stereocenters. The van der Waals surface area contributed by atoms with E-state index in [1.54, 1.807) is 18.4 Å². The third-order valence-corrected chi connectivity index (χ3v) is 3.00. The van der Waals surface area contributed by atoms with Gasteiger partial charge < -0.3 is 15.4 Å². The van der Waals surface area contributed by atoms with Crippen LogP contribution in [0.25, 0.3) is 0 Å². The number of ether oxygens (including phenoxy) is 1. The van der Waals surface area contributed by atoms with Crippen LogP contribution in [0.3, 0.4) is 0 Å². The molecule has 0 aliphatic rings. The Kier molecular flexibility index (Phi) is 3.88. The van der Waals surface area contributed by atoms with Crippen LogP contribution in [-0.2, 0) is 6.54 Å². The highest BCUT2D eigenvalue weighted by molar-refractivity contribution is 7.11. The Labute approximate surface area is 109 Å². The first-order chi connectivity index (χ1) is 8.71. The number of hydrogen-bond acceptors (Lipinski definition) is 8. The third kappa shape index (κ3) is 3.04. The molecule has 0 amide bonds. The van der Waals surface area contributed by atoms with Crippen molar-refractivity contribution in [3.63, 3.8) is 0 Å². The molecule has 0 bridgehead atoms. The van der Waals surface area contributed by atoms with Gasteiger partial charge in [-0.05, 0) is 6.92 Å². The summed E-state index contributed by atoms with van der Waals surface area (Å²) in [6.07, 6.45) is 1.84. The smallest absolute Gasteiger partial charge is 0.322 e. The Morgan fingerprint density at radius 2 is 2.06 bits per heavy atom. The van der Waals surface area contributed by atoms with E-state index in [1.807, 2.05) is 13.1 Å². The minimum atomic E-state index is 0.271. The van der Waals surface area contributed by atoms with Crippen molar-refractivity contribution in [2.24, 2.45) is 0 Å². The van der Waals surface area contributed by atoms with Crippen LogP contribution in [0, 0.1) is 6.92 Å². The third-order valence-electron chi connectivity index (χ3n) is 2.09. The van der Waals surface area contributed by atoms with Crippen molar-refractivity contribution in [3.8, 4) is 6.01 Å². The summed E-state index contributed by atoms with van der Waals surface area (Å²) in [6, 6.07) is 0.271. The average Bonchev–Trinajstić information content (AvgIpc) is 2.81. The number of rotatable bonds is 5. The lowest BCUT2D eigenvalue weighted by molar-refractivity contribution is 0.379. The quantitative estimate of drug-likeness (QED) is 0.843. The number of nitrogens with one attached hydrogen (secondary N) is 2. The summed E-state index contributed by atoms with van der Waals surface area (Å²) < 4.78 is 5.00. The van der Waals surface area contributed by atoms with Crippen molar-refractivity contribution in [1.82, 2.24) is 19.9 Å². The van der Waals surface area contributed by atoms with E-state index in [1.165, 1.54) is 12.0 Å². The molecule has 8 heteroatoms. The van der Waals surface area contributed by atoms with Gasteiger partial charge in [-0.3, -0.25) is 0 Å². The Balaban J connectivity index is 2.08. The zero-order valence-electron chi connectivity index (χ0n) is 10.4. The van der Waals surface area contributed by atoms with Crippen molar-refractivity contribution in [2.45, 2.75) is 13.5 Å². The molecular formula is C10H14N6OS. The molecule has 2 aromatic heterocycles. The second-order valence-electron chi connectivity index (χ2n) is 3.44. The number of aryl methyl sites for hydroxylation is 1. The standard InChI is InChI=1S/C10H14N6OS/c1-6-4-12-7(18-6)5-13-9-14-8(11-2)15-10(16-9)17-3/h4H,5H2,1-3H3,(H2,11,13,14,15,16). The van der Waals surface area contributed by atoms with Gasteiger partial charge in [-0.1, -0.05) is 0 Å². The van der Waals surface area contributed by atoms with Crippen LogP contribution >= 0.6 is 11.3 Å². The van der Waals surface area contributed by atoms with Crippen LogP contribution in [0.4, 0.5) is 11.9 Å². The topological polar surface area (TPSA) is 84.9 Å². The molecule has 0 aliphatic carbocycles. The number of hydrogen-bond donors (Lipinski definition) is 2. The van der Waals surface area contributed by atoms with E-state index in [2.05, 4.69) is 30.6 Å². The summed E-state index contributed by atoms with van der Waals surface area (Å²) in [6.45, 7) is 2.60. The Hall–Kier alpha value is -1.96. The number of aromatic nitrogens is 4. The predicted molar refractivity (Wildman–Crippen MR) is 70.1 cm³/mol. The van der Waals surface area contributed by atoms with Crippen LogP contribution in [0.15, 0.2) is 6.20 Å². The maximum absolute atomic E-state index is 5.00. The van der Waals surface area contributed by atoms with E-state index < -0.39 is 0 Å². The van der Waals surface area contributed by atoms with E-state index in [9.17, 15) is 0 Å². The monoisotopic (exact) mass is 266 g/mol. The molecule has 0 atom stereocenters. The van der Waals surface area contributed by atoms with Gasteiger partial charge in [0.2, 0.25) is 11.9 Å². The molecule has 0 aliphatic heterocycles. The molecule has 0 radical (unpaired) electrons. The van der Waals surface area contributed by atoms with E-state index in [0.717, 1.165) is 5.01 Å². The Morgan fingerprint density at radius 1 is 1.28 bits per heavy atom. The first-order valence-corrected chi connectivity index (χ1v) is 6.16. The molecule has 0 aromatic carbocycles. The lowest BCUT2D eigenvalue weighted by Gasteiger charge is -2.06. The van der Waals surface area contributed by atoms with Crippen molar-refractivity contribution >= 4 is 23.2 Å². The highest BCUT2D eigenvalue weighted by Crippen LogP contribution is 2.14. The largest absolute Gasteiger partial charge is 0.467 e. The summed E-state index contributed by atoms with van der Waals surface area (Å²) in [5.74, 6) is 0.915. The molecule has 7 nitrogen and oxygen atoms in total. The number of thiazole rings is 1. The number of nitrogens with zero attached hydrogens (tertiary/aromatic N) is 4. The second kappa shape index (κ2) is 5.58. The molecule has 96 valence electrons. The van der Waals surface area contributed by atoms with Crippen molar-refractivity contribution in [2.75, 3.05) is 24.8 Å². The van der Waals surface area contributed by atoms with E-state index in [-0.39, 0.29) is 6.01 Å². The van der Waals surface area contributed by atoms with Gasteiger partial charge >= 0.3 is 6.01 Å². The minimum Gasteiger partial charge on any atom is -0.467 e. The molecule has 0 fully saturated rings. The fourth-order valence-corrected chi connectivity index (χ4v) is 2.00. The molecule has 2 heterocycles. The molecule has 0 spiro atoms. The van der Waals surface area contributed by atoms with Gasteiger partial charge in [0.15, 0.2) is 0 Å². The molecule has 2 N–H and O–H groups in total. The van der Waals surface area contributed by atoms with Gasteiger partial charge in [0.25, 0.3) is 0 Å². The fourth-order valence-electron chi connectivity index (χ4n) is 1.28. The Bertz CT molecular complexity index is 507. The van der Waals surface area contributed by atoms with Gasteiger partial charge in [-0.25, -0.2) is 4.98 Å². The van der Waals surface area contributed by atoms with Crippen LogP contribution in [0.1, 0.15) is 9.88 Å². The summed E-state index contributed by atoms with van der Waals surface area (Å²) in [4.78, 5) is 17.7. The normalized spacial score (nSPS) is 10.2. The fraction of sp³-hybridized carbons (Fsp3) is 0.400. The zero-order chi connectivity index (χ0) is 13.0. The average molecular weight is 266 g/mol. The summed E-state index contributed by atoms with van der Waals surface area (Å²) in [7, 11) is 3.26. The van der Waals surface area contributed by atoms with Gasteiger partial charge in [-0.2, -0.15) is 15.0 Å². The highest BCUT2D eigenvalue weighted by atomic mass is 32.1. The van der Waals surface area contributed by atoms with Crippen molar-refractivity contribution in [1.29, 1.82) is 0 Å². The van der Waals surface area contributed by atoms with E-state index in [4.69, 9.17) is 4.74 Å². The predicted octanol–water partition coefficient (Wildman–Crippen LogP) is 1.30. The maximum Gasteiger partial charge on any atom is 0.322 e. The molecule has 2 rings (SSSR count). The lowest BCUT2D eigenvalue weighted by Crippen LogP contribution is -2.08. The number of methoxy groups -OCH3 is 1. The molecular weight excluding hydrogens is 252 g/mol. The molecule has 0 saturated heterocycles. The van der Waals surface area contributed by atoms with Gasteiger partial charge in [-0.15, -0.1) is 11.3 Å². The van der Waals surface area contributed by atoms with Crippen LogP contribution in [0.2, 0.25) is 0 Å². The van der Waals surface area contributed by atoms with Gasteiger partial charge in [0.05, 0.1) is 13.7 Å². The minimum absolute atomic E-state index is 0.271. The van der Waals surface area contributed by atoms with Crippen molar-refractivity contribution < 1.29 is 4.74 Å².